The summed E-state index contributed by atoms with van der Waals surface area (Å²) < 4.78 is 5.91. The Kier molecular flexibility index (Phi) is 5.29. The number of pyridine rings is 1. The maximum absolute atomic E-state index is 5.91. The van der Waals surface area contributed by atoms with Gasteiger partial charge in [0.05, 0.1) is 18.2 Å². The Morgan fingerprint density at radius 1 is 1.27 bits per heavy atom. The van der Waals surface area contributed by atoms with Crippen LogP contribution in [-0.2, 0) is 11.3 Å². The molecule has 0 spiro atoms. The van der Waals surface area contributed by atoms with Crippen molar-refractivity contribution in [2.75, 3.05) is 25.0 Å². The highest BCUT2D eigenvalue weighted by Gasteiger charge is 2.41. The quantitative estimate of drug-likeness (QED) is 0.640. The van der Waals surface area contributed by atoms with Crippen molar-refractivity contribution >= 4 is 11.8 Å². The van der Waals surface area contributed by atoms with Crippen LogP contribution in [0.15, 0.2) is 23.3 Å². The minimum atomic E-state index is 0.353. The van der Waals surface area contributed by atoms with Crippen LogP contribution in [0.1, 0.15) is 44.6 Å². The molecule has 4 heterocycles. The van der Waals surface area contributed by atoms with Crippen LogP contribution in [0, 0.1) is 5.92 Å². The first-order valence-electron chi connectivity index (χ1n) is 10.0. The molecule has 1 aromatic heterocycles. The average molecular weight is 358 g/mol. The Bertz CT molecular complexity index is 624. The Hall–Kier alpha value is -1.82. The van der Waals surface area contributed by atoms with Gasteiger partial charge in [-0.1, -0.05) is 13.0 Å². The molecule has 3 aliphatic rings. The van der Waals surface area contributed by atoms with Crippen molar-refractivity contribution in [1.29, 1.82) is 0 Å². The Labute approximate surface area is 156 Å². The van der Waals surface area contributed by atoms with Gasteiger partial charge in [0, 0.05) is 32.9 Å². The van der Waals surface area contributed by atoms with E-state index in [1.54, 1.807) is 0 Å². The second kappa shape index (κ2) is 7.82. The van der Waals surface area contributed by atoms with Crippen LogP contribution < -0.4 is 15.5 Å². The van der Waals surface area contributed by atoms with Crippen molar-refractivity contribution in [2.45, 2.75) is 63.8 Å². The van der Waals surface area contributed by atoms with E-state index in [0.717, 1.165) is 43.8 Å². The molecule has 142 valence electrons. The summed E-state index contributed by atoms with van der Waals surface area (Å²) in [6.07, 6.45) is 8.78. The first-order valence-corrected chi connectivity index (χ1v) is 10.0. The van der Waals surface area contributed by atoms with Gasteiger partial charge < -0.3 is 20.3 Å². The Morgan fingerprint density at radius 3 is 2.73 bits per heavy atom. The number of hydrogen-bond donors (Lipinski definition) is 2. The van der Waals surface area contributed by atoms with Gasteiger partial charge >= 0.3 is 0 Å². The number of nitrogens with zero attached hydrogens (tertiary/aromatic N) is 3. The summed E-state index contributed by atoms with van der Waals surface area (Å²) in [5, 5.41) is 6.93. The normalized spacial score (nSPS) is 29.2. The SMILES string of the molecule is CN=C(NCc1ccc(N2CCC(C)CC2)nc1)NC1CC2CCC1O2. The molecule has 0 saturated carbocycles. The van der Waals surface area contributed by atoms with Gasteiger partial charge in [0.1, 0.15) is 5.82 Å². The number of hydrogen-bond acceptors (Lipinski definition) is 4. The summed E-state index contributed by atoms with van der Waals surface area (Å²) >= 11 is 0. The lowest BCUT2D eigenvalue weighted by Crippen LogP contribution is -2.47. The summed E-state index contributed by atoms with van der Waals surface area (Å²) in [6.45, 7) is 5.30. The number of guanidine groups is 1. The van der Waals surface area contributed by atoms with Crippen LogP contribution in [0.5, 0.6) is 0 Å². The third-order valence-electron chi connectivity index (χ3n) is 6.03. The van der Waals surface area contributed by atoms with Crippen molar-refractivity contribution in [2.24, 2.45) is 10.9 Å². The van der Waals surface area contributed by atoms with Gasteiger partial charge in [0.15, 0.2) is 5.96 Å². The summed E-state index contributed by atoms with van der Waals surface area (Å²) in [5.41, 5.74) is 1.17. The lowest BCUT2D eigenvalue weighted by atomic mass is 9.96. The zero-order valence-electron chi connectivity index (χ0n) is 15.9. The van der Waals surface area contributed by atoms with Crippen LogP contribution in [0.2, 0.25) is 0 Å². The van der Waals surface area contributed by atoms with E-state index in [-0.39, 0.29) is 0 Å². The molecule has 26 heavy (non-hydrogen) atoms. The fourth-order valence-electron chi connectivity index (χ4n) is 4.29. The summed E-state index contributed by atoms with van der Waals surface area (Å²) in [4.78, 5) is 11.4. The number of nitrogens with one attached hydrogen (secondary N) is 2. The molecule has 0 amide bonds. The van der Waals surface area contributed by atoms with Gasteiger partial charge in [-0.2, -0.15) is 0 Å². The topological polar surface area (TPSA) is 61.8 Å². The molecule has 0 aromatic carbocycles. The number of fused-ring (bicyclic) bond motifs is 2. The molecular weight excluding hydrogens is 326 g/mol. The molecular formula is C20H31N5O. The van der Waals surface area contributed by atoms with Gasteiger partial charge in [-0.05, 0) is 49.7 Å². The van der Waals surface area contributed by atoms with Crippen molar-refractivity contribution in [3.05, 3.63) is 23.9 Å². The fourth-order valence-corrected chi connectivity index (χ4v) is 4.29. The lowest BCUT2D eigenvalue weighted by Gasteiger charge is -2.31. The number of rotatable bonds is 4. The van der Waals surface area contributed by atoms with E-state index < -0.39 is 0 Å². The molecule has 6 heteroatoms. The third kappa shape index (κ3) is 3.95. The van der Waals surface area contributed by atoms with Crippen molar-refractivity contribution in [3.8, 4) is 0 Å². The van der Waals surface area contributed by atoms with Crippen molar-refractivity contribution < 1.29 is 4.74 Å². The van der Waals surface area contributed by atoms with E-state index in [9.17, 15) is 0 Å². The predicted molar refractivity (Wildman–Crippen MR) is 104 cm³/mol. The third-order valence-corrected chi connectivity index (χ3v) is 6.03. The van der Waals surface area contributed by atoms with Crippen molar-refractivity contribution in [3.63, 3.8) is 0 Å². The maximum atomic E-state index is 5.91. The summed E-state index contributed by atoms with van der Waals surface area (Å²) in [6, 6.07) is 4.70. The molecule has 0 aliphatic carbocycles. The molecule has 1 aromatic rings. The molecule has 2 bridgehead atoms. The highest BCUT2D eigenvalue weighted by atomic mass is 16.5. The second-order valence-electron chi connectivity index (χ2n) is 7.98. The van der Waals surface area contributed by atoms with Gasteiger partial charge in [0.25, 0.3) is 0 Å². The molecule has 3 saturated heterocycles. The fraction of sp³-hybridized carbons (Fsp3) is 0.700. The molecule has 4 rings (SSSR count). The highest BCUT2D eigenvalue weighted by molar-refractivity contribution is 5.80. The number of ether oxygens (including phenoxy) is 1. The monoisotopic (exact) mass is 357 g/mol. The van der Waals surface area contributed by atoms with Crippen LogP contribution in [0.4, 0.5) is 5.82 Å². The molecule has 6 nitrogen and oxygen atoms in total. The average Bonchev–Trinajstić information content (AvgIpc) is 3.29. The number of aromatic nitrogens is 1. The Morgan fingerprint density at radius 2 is 2.12 bits per heavy atom. The first-order chi connectivity index (χ1) is 12.7. The van der Waals surface area contributed by atoms with Gasteiger partial charge in [-0.15, -0.1) is 0 Å². The minimum absolute atomic E-state index is 0.353. The molecule has 2 N–H and O–H groups in total. The minimum Gasteiger partial charge on any atom is -0.373 e. The number of anilines is 1. The van der Waals surface area contributed by atoms with Gasteiger partial charge in [0.2, 0.25) is 0 Å². The van der Waals surface area contributed by atoms with Crippen LogP contribution >= 0.6 is 0 Å². The largest absolute Gasteiger partial charge is 0.373 e. The van der Waals surface area contributed by atoms with E-state index in [2.05, 4.69) is 44.6 Å². The van der Waals surface area contributed by atoms with E-state index in [1.807, 2.05) is 13.2 Å². The second-order valence-corrected chi connectivity index (χ2v) is 7.98. The maximum Gasteiger partial charge on any atom is 0.191 e. The Balaban J connectivity index is 1.27. The molecule has 3 aliphatic heterocycles. The van der Waals surface area contributed by atoms with E-state index >= 15 is 0 Å². The lowest BCUT2D eigenvalue weighted by molar-refractivity contribution is 0.0992. The van der Waals surface area contributed by atoms with Crippen LogP contribution in [0.25, 0.3) is 0 Å². The van der Waals surface area contributed by atoms with Crippen molar-refractivity contribution in [1.82, 2.24) is 15.6 Å². The molecule has 3 fully saturated rings. The highest BCUT2D eigenvalue weighted by Crippen LogP contribution is 2.34. The van der Waals surface area contributed by atoms with Gasteiger partial charge in [-0.3, -0.25) is 4.99 Å². The van der Waals surface area contributed by atoms with Crippen LogP contribution in [-0.4, -0.2) is 49.3 Å². The van der Waals surface area contributed by atoms with E-state index in [0.29, 0.717) is 18.2 Å². The number of piperidine rings is 1. The smallest absolute Gasteiger partial charge is 0.191 e. The summed E-state index contributed by atoms with van der Waals surface area (Å²) in [7, 11) is 1.82. The summed E-state index contributed by atoms with van der Waals surface area (Å²) in [5.74, 6) is 2.79. The van der Waals surface area contributed by atoms with Gasteiger partial charge in [-0.25, -0.2) is 4.98 Å². The molecule has 3 atom stereocenters. The zero-order chi connectivity index (χ0) is 17.9. The zero-order valence-corrected chi connectivity index (χ0v) is 15.9. The molecule has 3 unspecified atom stereocenters. The van der Waals surface area contributed by atoms with E-state index in [1.165, 1.54) is 31.2 Å². The first kappa shape index (κ1) is 17.6. The number of aliphatic imine (C=N–C) groups is 1. The molecule has 0 radical (unpaired) electrons. The van der Waals surface area contributed by atoms with Crippen LogP contribution in [0.3, 0.4) is 0 Å². The standard InChI is InChI=1S/C20H31N5O/c1-14-7-9-25(10-8-14)19-6-3-15(12-22-19)13-23-20(21-2)24-17-11-16-4-5-18(17)26-16/h3,6,12,14,16-18H,4-5,7-11,13H2,1-2H3,(H2,21,23,24). The van der Waals surface area contributed by atoms with E-state index in [4.69, 9.17) is 4.74 Å². The predicted octanol–water partition coefficient (Wildman–Crippen LogP) is 2.30.